The molecule has 0 aliphatic carbocycles. The number of carbonyl (C=O) groups is 1. The molecule has 4 heteroatoms. The number of nitrogens with zero attached hydrogens (tertiary/aromatic N) is 1. The standard InChI is InChI=1S/C13H19NO2S/c1-17-10-7-13(16)14(8-9-15)11-12-5-3-2-4-6-12/h2-6,15H,7-11H2,1H3. The second-order valence-electron chi connectivity index (χ2n) is 3.77. The Hall–Kier alpha value is -1.00. The van der Waals surface area contributed by atoms with Crippen molar-refractivity contribution in [2.45, 2.75) is 13.0 Å². The van der Waals surface area contributed by atoms with Gasteiger partial charge in [-0.3, -0.25) is 4.79 Å². The van der Waals surface area contributed by atoms with E-state index in [1.165, 1.54) is 0 Å². The highest BCUT2D eigenvalue weighted by Gasteiger charge is 2.12. The maximum Gasteiger partial charge on any atom is 0.223 e. The number of amides is 1. The molecular formula is C13H19NO2S. The average Bonchev–Trinajstić information content (AvgIpc) is 2.36. The molecule has 0 saturated heterocycles. The molecule has 0 bridgehead atoms. The number of hydrogen-bond donors (Lipinski definition) is 1. The van der Waals surface area contributed by atoms with Crippen molar-refractivity contribution >= 4 is 17.7 Å². The molecule has 17 heavy (non-hydrogen) atoms. The zero-order valence-electron chi connectivity index (χ0n) is 10.1. The predicted molar refractivity (Wildman–Crippen MR) is 71.9 cm³/mol. The van der Waals surface area contributed by atoms with E-state index in [1.54, 1.807) is 16.7 Å². The number of aliphatic hydroxyl groups is 1. The molecule has 0 fully saturated rings. The summed E-state index contributed by atoms with van der Waals surface area (Å²) in [5.74, 6) is 0.937. The number of thioether (sulfide) groups is 1. The lowest BCUT2D eigenvalue weighted by Crippen LogP contribution is -2.33. The van der Waals surface area contributed by atoms with Gasteiger partial charge >= 0.3 is 0 Å². The predicted octanol–water partition coefficient (Wildman–Crippen LogP) is 1.76. The van der Waals surface area contributed by atoms with E-state index in [2.05, 4.69) is 0 Å². The lowest BCUT2D eigenvalue weighted by Gasteiger charge is -2.21. The molecule has 0 aromatic heterocycles. The van der Waals surface area contributed by atoms with E-state index in [0.29, 0.717) is 19.5 Å². The zero-order chi connectivity index (χ0) is 12.5. The summed E-state index contributed by atoms with van der Waals surface area (Å²) >= 11 is 1.66. The fourth-order valence-electron chi connectivity index (χ4n) is 1.56. The van der Waals surface area contributed by atoms with Gasteiger partial charge < -0.3 is 10.0 Å². The molecule has 0 heterocycles. The highest BCUT2D eigenvalue weighted by molar-refractivity contribution is 7.98. The Morgan fingerprint density at radius 2 is 2.06 bits per heavy atom. The van der Waals surface area contributed by atoms with Crippen molar-refractivity contribution in [3.8, 4) is 0 Å². The van der Waals surface area contributed by atoms with Gasteiger partial charge in [0.25, 0.3) is 0 Å². The fourth-order valence-corrected chi connectivity index (χ4v) is 1.94. The zero-order valence-corrected chi connectivity index (χ0v) is 10.9. The van der Waals surface area contributed by atoms with Gasteiger partial charge in [0.15, 0.2) is 0 Å². The van der Waals surface area contributed by atoms with Crippen LogP contribution in [0.2, 0.25) is 0 Å². The van der Waals surface area contributed by atoms with Crippen LogP contribution >= 0.6 is 11.8 Å². The topological polar surface area (TPSA) is 40.5 Å². The first kappa shape index (κ1) is 14.1. The number of hydrogen-bond acceptors (Lipinski definition) is 3. The second-order valence-corrected chi connectivity index (χ2v) is 4.75. The second kappa shape index (κ2) is 8.14. The molecule has 3 nitrogen and oxygen atoms in total. The molecule has 1 N–H and O–H groups in total. The first-order valence-electron chi connectivity index (χ1n) is 5.69. The van der Waals surface area contributed by atoms with Crippen molar-refractivity contribution < 1.29 is 9.90 Å². The van der Waals surface area contributed by atoms with E-state index < -0.39 is 0 Å². The van der Waals surface area contributed by atoms with E-state index in [1.807, 2.05) is 36.6 Å². The third kappa shape index (κ3) is 5.24. The minimum Gasteiger partial charge on any atom is -0.395 e. The summed E-state index contributed by atoms with van der Waals surface area (Å²) in [6, 6.07) is 9.85. The largest absolute Gasteiger partial charge is 0.395 e. The molecule has 1 amide bonds. The summed E-state index contributed by atoms with van der Waals surface area (Å²) in [5.41, 5.74) is 1.10. The summed E-state index contributed by atoms with van der Waals surface area (Å²) < 4.78 is 0. The van der Waals surface area contributed by atoms with Crippen molar-refractivity contribution in [1.82, 2.24) is 4.90 Å². The van der Waals surface area contributed by atoms with Crippen LogP contribution in [0.3, 0.4) is 0 Å². The number of aliphatic hydroxyl groups excluding tert-OH is 1. The monoisotopic (exact) mass is 253 g/mol. The molecule has 1 rings (SSSR count). The van der Waals surface area contributed by atoms with Crippen molar-refractivity contribution in [2.24, 2.45) is 0 Å². The van der Waals surface area contributed by atoms with E-state index >= 15 is 0 Å². The first-order chi connectivity index (χ1) is 8.27. The normalized spacial score (nSPS) is 10.2. The summed E-state index contributed by atoms with van der Waals surface area (Å²) in [6.45, 7) is 0.995. The Labute approximate surface area is 107 Å². The lowest BCUT2D eigenvalue weighted by atomic mass is 10.2. The van der Waals surface area contributed by atoms with Gasteiger partial charge in [-0.1, -0.05) is 30.3 Å². The molecule has 94 valence electrons. The van der Waals surface area contributed by atoms with Crippen LogP contribution in [-0.4, -0.2) is 41.1 Å². The summed E-state index contributed by atoms with van der Waals surface area (Å²) in [7, 11) is 0. The SMILES string of the molecule is CSCCC(=O)N(CCO)Cc1ccccc1. The Balaban J connectivity index is 2.56. The van der Waals surface area contributed by atoms with Gasteiger partial charge in [0, 0.05) is 25.3 Å². The van der Waals surface area contributed by atoms with Crippen molar-refractivity contribution in [3.05, 3.63) is 35.9 Å². The quantitative estimate of drug-likeness (QED) is 0.805. The maximum absolute atomic E-state index is 11.9. The highest BCUT2D eigenvalue weighted by atomic mass is 32.2. The molecule has 0 unspecified atom stereocenters. The summed E-state index contributed by atoms with van der Waals surface area (Å²) in [6.07, 6.45) is 2.52. The lowest BCUT2D eigenvalue weighted by molar-refractivity contribution is -0.131. The number of rotatable bonds is 7. The molecule has 0 aliphatic heterocycles. The maximum atomic E-state index is 11.9. The molecule has 1 aromatic rings. The van der Waals surface area contributed by atoms with Crippen LogP contribution in [0.15, 0.2) is 30.3 Å². The highest BCUT2D eigenvalue weighted by Crippen LogP contribution is 2.07. The fraction of sp³-hybridized carbons (Fsp3) is 0.462. The van der Waals surface area contributed by atoms with Crippen LogP contribution in [0.4, 0.5) is 0 Å². The molecule has 0 radical (unpaired) electrons. The van der Waals surface area contributed by atoms with Crippen LogP contribution in [0.5, 0.6) is 0 Å². The van der Waals surface area contributed by atoms with E-state index in [-0.39, 0.29) is 12.5 Å². The smallest absolute Gasteiger partial charge is 0.223 e. The van der Waals surface area contributed by atoms with Crippen LogP contribution in [0.25, 0.3) is 0 Å². The van der Waals surface area contributed by atoms with Gasteiger partial charge in [0.05, 0.1) is 6.61 Å². The molecule has 0 spiro atoms. The third-order valence-electron chi connectivity index (χ3n) is 2.46. The van der Waals surface area contributed by atoms with Crippen molar-refractivity contribution in [3.63, 3.8) is 0 Å². The number of carbonyl (C=O) groups excluding carboxylic acids is 1. The van der Waals surface area contributed by atoms with Gasteiger partial charge in [-0.2, -0.15) is 11.8 Å². The van der Waals surface area contributed by atoms with Gasteiger partial charge in [0.1, 0.15) is 0 Å². The molecule has 0 saturated carbocycles. The molecule has 0 atom stereocenters. The average molecular weight is 253 g/mol. The van der Waals surface area contributed by atoms with Gasteiger partial charge in [-0.05, 0) is 11.8 Å². The molecule has 1 aromatic carbocycles. The van der Waals surface area contributed by atoms with Crippen molar-refractivity contribution in [2.75, 3.05) is 25.2 Å². The Kier molecular flexibility index (Phi) is 6.74. The molecule has 0 aliphatic rings. The van der Waals surface area contributed by atoms with Crippen molar-refractivity contribution in [1.29, 1.82) is 0 Å². The van der Waals surface area contributed by atoms with E-state index in [9.17, 15) is 4.79 Å². The Morgan fingerprint density at radius 1 is 1.35 bits per heavy atom. The Morgan fingerprint density at radius 3 is 2.65 bits per heavy atom. The number of benzene rings is 1. The minimum absolute atomic E-state index is 0.0117. The van der Waals surface area contributed by atoms with Gasteiger partial charge in [-0.25, -0.2) is 0 Å². The van der Waals surface area contributed by atoms with Gasteiger partial charge in [-0.15, -0.1) is 0 Å². The Bertz CT molecular complexity index is 329. The summed E-state index contributed by atoms with van der Waals surface area (Å²) in [4.78, 5) is 13.6. The van der Waals surface area contributed by atoms with E-state index in [0.717, 1.165) is 11.3 Å². The summed E-state index contributed by atoms with van der Waals surface area (Å²) in [5, 5.41) is 8.99. The third-order valence-corrected chi connectivity index (χ3v) is 3.07. The van der Waals surface area contributed by atoms with Crippen LogP contribution in [0.1, 0.15) is 12.0 Å². The minimum atomic E-state index is 0.0117. The van der Waals surface area contributed by atoms with Crippen LogP contribution < -0.4 is 0 Å². The van der Waals surface area contributed by atoms with Crippen LogP contribution in [0, 0.1) is 0 Å². The first-order valence-corrected chi connectivity index (χ1v) is 7.08. The van der Waals surface area contributed by atoms with Gasteiger partial charge in [0.2, 0.25) is 5.91 Å². The molecular weight excluding hydrogens is 234 g/mol. The van der Waals surface area contributed by atoms with Crippen LogP contribution in [-0.2, 0) is 11.3 Å². The van der Waals surface area contributed by atoms with E-state index in [4.69, 9.17) is 5.11 Å².